The number of amidine groups is 1. The highest BCUT2D eigenvalue weighted by Crippen LogP contribution is 2.35. The number of nitrogens with two attached hydrogens (primary N) is 1. The molecule has 0 bridgehead atoms. The summed E-state index contributed by atoms with van der Waals surface area (Å²) in [6.07, 6.45) is 2.23. The van der Waals surface area contributed by atoms with Gasteiger partial charge in [-0.2, -0.15) is 0 Å². The van der Waals surface area contributed by atoms with Gasteiger partial charge in [-0.05, 0) is 43.9 Å². The number of hydrogen-bond donors (Lipinski definition) is 2. The van der Waals surface area contributed by atoms with E-state index in [2.05, 4.69) is 16.9 Å². The predicted octanol–water partition coefficient (Wildman–Crippen LogP) is 4.91. The molecule has 28 heavy (non-hydrogen) atoms. The van der Waals surface area contributed by atoms with Crippen LogP contribution in [-0.2, 0) is 16.9 Å². The van der Waals surface area contributed by atoms with Crippen LogP contribution in [0.1, 0.15) is 38.3 Å². The molecule has 1 aromatic rings. The Labute approximate surface area is 174 Å². The van der Waals surface area contributed by atoms with Gasteiger partial charge >= 0.3 is 0 Å². The zero-order valence-electron chi connectivity index (χ0n) is 16.3. The van der Waals surface area contributed by atoms with Crippen LogP contribution in [0.3, 0.4) is 0 Å². The average Bonchev–Trinajstić information content (AvgIpc) is 2.65. The number of nitrogens with zero attached hydrogens (tertiary/aromatic N) is 1. The van der Waals surface area contributed by atoms with Gasteiger partial charge in [0, 0.05) is 17.3 Å². The molecule has 0 spiro atoms. The number of aliphatic imine (C=N–C) groups is 1. The summed E-state index contributed by atoms with van der Waals surface area (Å²) in [5, 5.41) is 3.41. The molecule has 150 valence electrons. The summed E-state index contributed by atoms with van der Waals surface area (Å²) in [5.74, 6) is -0.338. The van der Waals surface area contributed by atoms with Gasteiger partial charge in [0.15, 0.2) is 5.17 Å². The van der Waals surface area contributed by atoms with Crippen molar-refractivity contribution in [1.29, 1.82) is 0 Å². The van der Waals surface area contributed by atoms with Crippen molar-refractivity contribution in [3.8, 4) is 0 Å². The maximum Gasteiger partial charge on any atom is 0.255 e. The van der Waals surface area contributed by atoms with Crippen LogP contribution in [-0.4, -0.2) is 16.8 Å². The molecule has 1 aliphatic rings. The Bertz CT molecular complexity index is 874. The Hall–Kier alpha value is -2.05. The fourth-order valence-electron chi connectivity index (χ4n) is 2.88. The third kappa shape index (κ3) is 5.26. The van der Waals surface area contributed by atoms with Crippen LogP contribution in [0.25, 0.3) is 0 Å². The van der Waals surface area contributed by atoms with Crippen molar-refractivity contribution < 1.29 is 9.18 Å². The van der Waals surface area contributed by atoms with Crippen LogP contribution in [0, 0.1) is 0 Å². The van der Waals surface area contributed by atoms with Crippen LogP contribution in [0.5, 0.6) is 0 Å². The van der Waals surface area contributed by atoms with E-state index in [1.807, 2.05) is 31.2 Å². The number of carbonyl (C=O) groups is 1. The van der Waals surface area contributed by atoms with Crippen molar-refractivity contribution in [2.75, 3.05) is 5.75 Å². The first-order chi connectivity index (χ1) is 13.2. The predicted molar refractivity (Wildman–Crippen MR) is 117 cm³/mol. The number of hydrogen-bond acceptors (Lipinski definition) is 4. The van der Waals surface area contributed by atoms with Crippen LogP contribution in [0.4, 0.5) is 4.39 Å². The van der Waals surface area contributed by atoms with Gasteiger partial charge in [0.2, 0.25) is 0 Å². The van der Waals surface area contributed by atoms with E-state index in [0.717, 1.165) is 23.3 Å². The summed E-state index contributed by atoms with van der Waals surface area (Å²) in [5.41, 5.74) is 7.51. The molecular weight excluding hydrogens is 397 g/mol. The Morgan fingerprint density at radius 3 is 2.82 bits per heavy atom. The molecule has 0 fully saturated rings. The van der Waals surface area contributed by atoms with E-state index in [4.69, 9.17) is 17.3 Å². The number of rotatable bonds is 6. The highest BCUT2D eigenvalue weighted by molar-refractivity contribution is 8.13. The number of nitrogens with one attached hydrogen (secondary N) is 1. The summed E-state index contributed by atoms with van der Waals surface area (Å²) in [7, 11) is 0. The largest absolute Gasteiger partial charge is 0.379 e. The number of benzene rings is 1. The summed E-state index contributed by atoms with van der Waals surface area (Å²) in [4.78, 5) is 17.1. The summed E-state index contributed by atoms with van der Waals surface area (Å²) in [6, 6.07) is 7.81. The third-order valence-corrected chi connectivity index (χ3v) is 5.63. The lowest BCUT2D eigenvalue weighted by Crippen LogP contribution is -2.29. The van der Waals surface area contributed by atoms with Gasteiger partial charge in [0.1, 0.15) is 5.83 Å². The van der Waals surface area contributed by atoms with Crippen molar-refractivity contribution in [3.05, 3.63) is 70.1 Å². The Morgan fingerprint density at radius 1 is 1.50 bits per heavy atom. The third-order valence-electron chi connectivity index (χ3n) is 4.64. The van der Waals surface area contributed by atoms with Crippen molar-refractivity contribution in [1.82, 2.24) is 5.32 Å². The van der Waals surface area contributed by atoms with E-state index in [1.54, 1.807) is 11.8 Å². The maximum absolute atomic E-state index is 14.5. The van der Waals surface area contributed by atoms with E-state index < -0.39 is 11.7 Å². The molecule has 3 N–H and O–H groups in total. The zero-order valence-corrected chi connectivity index (χ0v) is 17.9. The second-order valence-electron chi connectivity index (χ2n) is 6.82. The number of allylic oxidation sites excluding steroid dienone is 3. The molecule has 1 atom stereocenters. The van der Waals surface area contributed by atoms with E-state index in [1.165, 1.54) is 19.9 Å². The Kier molecular flexibility index (Phi) is 7.49. The van der Waals surface area contributed by atoms with Gasteiger partial charge in [-0.25, -0.2) is 4.39 Å². The molecule has 0 aromatic heterocycles. The van der Waals surface area contributed by atoms with Gasteiger partial charge in [0.25, 0.3) is 5.91 Å². The Morgan fingerprint density at radius 2 is 2.21 bits per heavy atom. The quantitative estimate of drug-likeness (QED) is 0.506. The molecule has 0 radical (unpaired) electrons. The minimum atomic E-state index is -0.675. The van der Waals surface area contributed by atoms with Gasteiger partial charge in [0.05, 0.1) is 11.1 Å². The summed E-state index contributed by atoms with van der Waals surface area (Å²) < 4.78 is 14.5. The lowest BCUT2D eigenvalue weighted by atomic mass is 9.89. The van der Waals surface area contributed by atoms with E-state index in [9.17, 15) is 9.18 Å². The molecule has 2 rings (SSSR count). The molecule has 1 unspecified atom stereocenters. The summed E-state index contributed by atoms with van der Waals surface area (Å²) in [6.45, 7) is 8.84. The number of amides is 1. The molecule has 1 amide bonds. The molecule has 0 aliphatic carbocycles. The molecule has 7 heteroatoms. The zero-order chi connectivity index (χ0) is 20.9. The molecule has 1 aliphatic heterocycles. The average molecular weight is 422 g/mol. The van der Waals surface area contributed by atoms with Crippen LogP contribution in [0.2, 0.25) is 0 Å². The highest BCUT2D eigenvalue weighted by Gasteiger charge is 2.29. The molecule has 1 heterocycles. The fraction of sp³-hybridized carbons (Fsp3) is 0.333. The second-order valence-corrected chi connectivity index (χ2v) is 8.50. The molecule has 4 nitrogen and oxygen atoms in total. The number of halogens is 2. The van der Waals surface area contributed by atoms with Crippen molar-refractivity contribution in [2.45, 2.75) is 39.3 Å². The minimum absolute atomic E-state index is 0.0852. The van der Waals surface area contributed by atoms with Crippen molar-refractivity contribution in [3.63, 3.8) is 0 Å². The molecule has 1 aromatic carbocycles. The van der Waals surface area contributed by atoms with E-state index in [0.29, 0.717) is 5.17 Å². The maximum atomic E-state index is 14.5. The normalized spacial score (nSPS) is 21.2. The highest BCUT2D eigenvalue weighted by atomic mass is 35.5. The monoisotopic (exact) mass is 421 g/mol. The van der Waals surface area contributed by atoms with Crippen molar-refractivity contribution in [2.24, 2.45) is 10.7 Å². The lowest BCUT2D eigenvalue weighted by Gasteiger charge is -2.30. The molecular formula is C21H25ClFN3OS. The number of thioether (sulfide) groups is 1. The SMILES string of the molecule is C=C/C(C)=C(F)\C(C(=O)NCc1cccc(C2(C)CCSC(N)=N2)c1)=C(/C)Cl. The van der Waals surface area contributed by atoms with Gasteiger partial charge in [-0.1, -0.05) is 60.3 Å². The van der Waals surface area contributed by atoms with E-state index in [-0.39, 0.29) is 28.3 Å². The smallest absolute Gasteiger partial charge is 0.255 e. The summed E-state index contributed by atoms with van der Waals surface area (Å²) >= 11 is 7.51. The van der Waals surface area contributed by atoms with Gasteiger partial charge in [-0.15, -0.1) is 0 Å². The van der Waals surface area contributed by atoms with Crippen molar-refractivity contribution >= 4 is 34.4 Å². The van der Waals surface area contributed by atoms with Crippen LogP contribution >= 0.6 is 23.4 Å². The molecule has 0 saturated heterocycles. The van der Waals surface area contributed by atoms with Crippen LogP contribution in [0.15, 0.2) is 63.9 Å². The van der Waals surface area contributed by atoms with Crippen LogP contribution < -0.4 is 11.1 Å². The number of carbonyl (C=O) groups excluding carboxylic acids is 1. The first-order valence-electron chi connectivity index (χ1n) is 8.89. The van der Waals surface area contributed by atoms with E-state index >= 15 is 0 Å². The first-order valence-corrected chi connectivity index (χ1v) is 10.3. The van der Waals surface area contributed by atoms with Gasteiger partial charge < -0.3 is 11.1 Å². The minimum Gasteiger partial charge on any atom is -0.379 e. The topological polar surface area (TPSA) is 67.5 Å². The second kappa shape index (κ2) is 9.43. The lowest BCUT2D eigenvalue weighted by molar-refractivity contribution is -0.117. The standard InChI is InChI=1S/C21H25ClFN3OS/c1-5-13(2)18(23)17(14(3)22)19(27)25-12-15-7-6-8-16(11-15)21(4)9-10-28-20(24)26-21/h5-8,11H,1,9-10,12H2,2-4H3,(H2,24,26)(H,25,27)/b17-14-,18-13+. The molecule has 0 saturated carbocycles. The first kappa shape index (κ1) is 22.2. The van der Waals surface area contributed by atoms with Gasteiger partial charge in [-0.3, -0.25) is 9.79 Å². The Balaban J connectivity index is 2.19. The fourth-order valence-corrected chi connectivity index (χ4v) is 4.02.